The maximum absolute atomic E-state index is 10.5. The summed E-state index contributed by atoms with van der Waals surface area (Å²) in [7, 11) is 0. The Morgan fingerprint density at radius 1 is 1.43 bits per heavy atom. The van der Waals surface area contributed by atoms with Crippen LogP contribution in [0.25, 0.3) is 11.2 Å². The summed E-state index contributed by atoms with van der Waals surface area (Å²) >= 11 is 0. The van der Waals surface area contributed by atoms with Crippen LogP contribution in [0.4, 0.5) is 5.82 Å². The fourth-order valence-electron chi connectivity index (χ4n) is 2.63. The van der Waals surface area contributed by atoms with Crippen LogP contribution in [0, 0.1) is 0 Å². The number of nitrogens with one attached hydrogen (secondary N) is 1. The van der Waals surface area contributed by atoms with Gasteiger partial charge in [0.2, 0.25) is 0 Å². The van der Waals surface area contributed by atoms with Gasteiger partial charge in [-0.3, -0.25) is 9.40 Å². The average molecular weight is 325 g/mol. The van der Waals surface area contributed by atoms with Crippen molar-refractivity contribution in [3.63, 3.8) is 0 Å². The Morgan fingerprint density at radius 3 is 2.87 bits per heavy atom. The molecule has 23 heavy (non-hydrogen) atoms. The Bertz CT molecular complexity index is 690. The van der Waals surface area contributed by atoms with Crippen LogP contribution in [0.15, 0.2) is 12.7 Å². The summed E-state index contributed by atoms with van der Waals surface area (Å²) in [5.41, 5.74) is 1.89. The second-order valence-corrected chi connectivity index (χ2v) is 5.46. The number of aromatic nitrogens is 4. The molecule has 10 heteroatoms. The van der Waals surface area contributed by atoms with Crippen molar-refractivity contribution in [1.82, 2.24) is 19.5 Å². The molecule has 0 saturated carbocycles. The Hall–Kier alpha value is -1.85. The van der Waals surface area contributed by atoms with E-state index in [0.29, 0.717) is 23.6 Å². The van der Waals surface area contributed by atoms with Gasteiger partial charge < -0.3 is 20.1 Å². The minimum Gasteiger partial charge on any atom is -0.394 e. The van der Waals surface area contributed by atoms with Crippen molar-refractivity contribution in [2.75, 3.05) is 18.7 Å². The molecule has 1 saturated heterocycles. The minimum absolute atomic E-state index is 0.382. The predicted octanol–water partition coefficient (Wildman–Crippen LogP) is -0.809. The quantitative estimate of drug-likeness (QED) is 0.520. The van der Waals surface area contributed by atoms with Gasteiger partial charge in [0.15, 0.2) is 23.2 Å². The second-order valence-electron chi connectivity index (χ2n) is 5.46. The molecule has 0 aromatic carbocycles. The first kappa shape index (κ1) is 16.0. The third-order valence-electron chi connectivity index (χ3n) is 3.86. The highest BCUT2D eigenvalue weighted by molar-refractivity contribution is 5.82. The topological polar surface area (TPSA) is 135 Å². The molecule has 0 radical (unpaired) electrons. The van der Waals surface area contributed by atoms with Crippen LogP contribution in [0.3, 0.4) is 0 Å². The van der Waals surface area contributed by atoms with E-state index in [0.717, 1.165) is 0 Å². The summed E-state index contributed by atoms with van der Waals surface area (Å²) in [6.45, 7) is 3.29. The molecule has 10 nitrogen and oxygen atoms in total. The number of rotatable bonds is 5. The van der Waals surface area contributed by atoms with Crippen molar-refractivity contribution in [3.05, 3.63) is 12.7 Å². The lowest BCUT2D eigenvalue weighted by molar-refractivity contribution is -0.0950. The average Bonchev–Trinajstić information content (AvgIpc) is 3.06. The fourth-order valence-corrected chi connectivity index (χ4v) is 2.63. The Labute approximate surface area is 131 Å². The van der Waals surface area contributed by atoms with E-state index in [1.807, 2.05) is 6.92 Å². The number of hydrogen-bond acceptors (Lipinski definition) is 9. The lowest BCUT2D eigenvalue weighted by Gasteiger charge is -2.27. The molecule has 2 aromatic rings. The monoisotopic (exact) mass is 325 g/mol. The van der Waals surface area contributed by atoms with E-state index < -0.39 is 30.6 Å². The van der Waals surface area contributed by atoms with Crippen LogP contribution in [-0.4, -0.2) is 65.9 Å². The highest BCUT2D eigenvalue weighted by Crippen LogP contribution is 2.39. The van der Waals surface area contributed by atoms with E-state index in [4.69, 9.17) is 9.57 Å². The number of ether oxygens (including phenoxy) is 1. The van der Waals surface area contributed by atoms with E-state index in [2.05, 4.69) is 20.4 Å². The summed E-state index contributed by atoms with van der Waals surface area (Å²) in [5, 5.41) is 29.9. The summed E-state index contributed by atoms with van der Waals surface area (Å²) in [6.07, 6.45) is -0.323. The van der Waals surface area contributed by atoms with E-state index in [1.165, 1.54) is 24.1 Å². The van der Waals surface area contributed by atoms with Crippen molar-refractivity contribution in [2.24, 2.45) is 0 Å². The van der Waals surface area contributed by atoms with Gasteiger partial charge in [-0.2, -0.15) is 0 Å². The fraction of sp³-hybridized carbons (Fsp3) is 0.615. The molecule has 1 fully saturated rings. The van der Waals surface area contributed by atoms with E-state index in [-0.39, 0.29) is 0 Å². The number of anilines is 1. The number of aliphatic hydroxyl groups is 3. The predicted molar refractivity (Wildman–Crippen MR) is 78.2 cm³/mol. The van der Waals surface area contributed by atoms with Gasteiger partial charge in [-0.15, -0.1) is 0 Å². The first-order valence-electron chi connectivity index (χ1n) is 7.22. The largest absolute Gasteiger partial charge is 0.394 e. The third-order valence-corrected chi connectivity index (χ3v) is 3.86. The molecular weight excluding hydrogens is 306 g/mol. The van der Waals surface area contributed by atoms with Gasteiger partial charge in [0.05, 0.1) is 19.5 Å². The molecule has 1 aliphatic rings. The smallest absolute Gasteiger partial charge is 0.181 e. The van der Waals surface area contributed by atoms with Crippen LogP contribution in [-0.2, 0) is 9.57 Å². The van der Waals surface area contributed by atoms with Crippen LogP contribution < -0.4 is 5.48 Å². The van der Waals surface area contributed by atoms with Crippen molar-refractivity contribution in [2.45, 2.75) is 37.9 Å². The van der Waals surface area contributed by atoms with Crippen LogP contribution in [0.2, 0.25) is 0 Å². The van der Waals surface area contributed by atoms with E-state index in [9.17, 15) is 15.3 Å². The van der Waals surface area contributed by atoms with Crippen molar-refractivity contribution >= 4 is 17.0 Å². The zero-order valence-electron chi connectivity index (χ0n) is 12.7. The number of imidazole rings is 1. The van der Waals surface area contributed by atoms with Gasteiger partial charge in [-0.05, 0) is 13.8 Å². The SMILES string of the molecule is CCONc1ncnc2c1ncn2C1O[C@H](CO)[C@@H](O)[C@@]1(C)O. The van der Waals surface area contributed by atoms with Crippen molar-refractivity contribution < 1.29 is 24.9 Å². The molecule has 0 bridgehead atoms. The number of aliphatic hydroxyl groups excluding tert-OH is 2. The van der Waals surface area contributed by atoms with E-state index in [1.54, 1.807) is 0 Å². The zero-order chi connectivity index (χ0) is 16.6. The van der Waals surface area contributed by atoms with Gasteiger partial charge in [0.25, 0.3) is 0 Å². The molecule has 0 spiro atoms. The Morgan fingerprint density at radius 2 is 2.22 bits per heavy atom. The Kier molecular flexibility index (Phi) is 4.17. The van der Waals surface area contributed by atoms with Crippen molar-refractivity contribution in [1.29, 1.82) is 0 Å². The van der Waals surface area contributed by atoms with Crippen molar-refractivity contribution in [3.8, 4) is 0 Å². The summed E-state index contributed by atoms with van der Waals surface area (Å²) < 4.78 is 7.07. The highest BCUT2D eigenvalue weighted by Gasteiger charge is 2.53. The molecule has 4 N–H and O–H groups in total. The van der Waals surface area contributed by atoms with E-state index >= 15 is 0 Å². The summed E-state index contributed by atoms with van der Waals surface area (Å²) in [5.74, 6) is 0.382. The van der Waals surface area contributed by atoms with Crippen LogP contribution in [0.5, 0.6) is 0 Å². The molecule has 0 aliphatic carbocycles. The number of hydrogen-bond donors (Lipinski definition) is 4. The van der Waals surface area contributed by atoms with Gasteiger partial charge in [0, 0.05) is 0 Å². The summed E-state index contributed by atoms with van der Waals surface area (Å²) in [6, 6.07) is 0. The molecule has 3 heterocycles. The molecule has 2 aromatic heterocycles. The van der Waals surface area contributed by atoms with Gasteiger partial charge in [0.1, 0.15) is 24.1 Å². The normalized spacial score (nSPS) is 30.9. The number of fused-ring (bicyclic) bond motifs is 1. The first-order chi connectivity index (χ1) is 11.0. The first-order valence-corrected chi connectivity index (χ1v) is 7.22. The van der Waals surface area contributed by atoms with Crippen LogP contribution >= 0.6 is 0 Å². The van der Waals surface area contributed by atoms with Gasteiger partial charge in [-0.25, -0.2) is 20.4 Å². The van der Waals surface area contributed by atoms with Gasteiger partial charge in [-0.1, -0.05) is 0 Å². The Balaban J connectivity index is 2.01. The standard InChI is InChI=1S/C13H19N5O5/c1-3-22-17-10-8-11(15-5-14-10)18(6-16-8)12-13(2,21)9(20)7(4-19)23-12/h5-7,9,12,19-21H,3-4H2,1-2H3,(H,14,15,17)/t7-,9-,12?,13-/m1/s1. The molecule has 0 amide bonds. The second kappa shape index (κ2) is 5.98. The lowest BCUT2D eigenvalue weighted by atomic mass is 9.96. The molecular formula is C13H19N5O5. The molecule has 4 atom stereocenters. The molecule has 126 valence electrons. The highest BCUT2D eigenvalue weighted by atomic mass is 16.6. The third kappa shape index (κ3) is 2.54. The summed E-state index contributed by atoms with van der Waals surface area (Å²) in [4.78, 5) is 17.5. The lowest BCUT2D eigenvalue weighted by Crippen LogP contribution is -2.44. The maximum Gasteiger partial charge on any atom is 0.181 e. The minimum atomic E-state index is -1.61. The van der Waals surface area contributed by atoms with Crippen LogP contribution in [0.1, 0.15) is 20.1 Å². The number of nitrogens with zero attached hydrogens (tertiary/aromatic N) is 4. The van der Waals surface area contributed by atoms with Gasteiger partial charge >= 0.3 is 0 Å². The molecule has 1 unspecified atom stereocenters. The molecule has 1 aliphatic heterocycles. The zero-order valence-corrected chi connectivity index (χ0v) is 12.7. The molecule has 3 rings (SSSR count). The maximum atomic E-state index is 10.5.